The number of hydrogen-bond donors (Lipinski definition) is 0. The van der Waals surface area contributed by atoms with Gasteiger partial charge in [0.15, 0.2) is 0 Å². The Balaban J connectivity index is 3.82. The molecule has 0 aliphatic carbocycles. The summed E-state index contributed by atoms with van der Waals surface area (Å²) in [5, 5.41) is 0. The lowest BCUT2D eigenvalue weighted by Crippen LogP contribution is -2.32. The van der Waals surface area contributed by atoms with Crippen molar-refractivity contribution >= 4 is 11.7 Å². The van der Waals surface area contributed by atoms with Crippen molar-refractivity contribution in [3.8, 4) is 0 Å². The van der Waals surface area contributed by atoms with Gasteiger partial charge in [0.1, 0.15) is 0 Å². The quantitative estimate of drug-likeness (QED) is 0.538. The second-order valence-corrected chi connectivity index (χ2v) is 2.28. The van der Waals surface area contributed by atoms with E-state index in [0.29, 0.717) is 6.54 Å². The van der Waals surface area contributed by atoms with Crippen molar-refractivity contribution in [2.24, 2.45) is 0 Å². The lowest BCUT2D eigenvalue weighted by molar-refractivity contribution is -0.142. The van der Waals surface area contributed by atoms with Crippen molar-refractivity contribution in [2.45, 2.75) is 20.3 Å². The number of nitrogens with zero attached hydrogens (tertiary/aromatic N) is 1. The summed E-state index contributed by atoms with van der Waals surface area (Å²) in [6.45, 7) is 3.90. The highest BCUT2D eigenvalue weighted by atomic mass is 16.2. The van der Waals surface area contributed by atoms with Crippen LogP contribution in [0.4, 0.5) is 0 Å². The molecule has 3 heteroatoms. The van der Waals surface area contributed by atoms with E-state index in [0.717, 1.165) is 6.42 Å². The molecule has 1 amide bonds. The number of amides is 1. The molecule has 0 N–H and O–H groups in total. The van der Waals surface area contributed by atoms with Gasteiger partial charge in [0, 0.05) is 20.5 Å². The molecule has 0 unspecified atom stereocenters. The second kappa shape index (κ2) is 4.04. The Morgan fingerprint density at radius 2 is 1.90 bits per heavy atom. The zero-order chi connectivity index (χ0) is 8.15. The van der Waals surface area contributed by atoms with Gasteiger partial charge in [0.05, 0.1) is 0 Å². The fourth-order valence-corrected chi connectivity index (χ4v) is 0.706. The lowest BCUT2D eigenvalue weighted by atomic mass is 10.3. The van der Waals surface area contributed by atoms with Crippen LogP contribution in [-0.2, 0) is 9.59 Å². The highest BCUT2D eigenvalue weighted by Gasteiger charge is 2.11. The Kier molecular flexibility index (Phi) is 3.69. The normalized spacial score (nSPS) is 9.10. The predicted octanol–water partition coefficient (Wildman–Crippen LogP) is 0.444. The molecule has 0 radical (unpaired) electrons. The predicted molar refractivity (Wildman–Crippen MR) is 38.6 cm³/mol. The van der Waals surface area contributed by atoms with E-state index in [-0.39, 0.29) is 0 Å². The molecular weight excluding hydrogens is 130 g/mol. The smallest absolute Gasteiger partial charge is 0.289 e. The molecule has 0 aromatic heterocycles. The first-order valence-corrected chi connectivity index (χ1v) is 3.35. The number of rotatable bonds is 3. The van der Waals surface area contributed by atoms with Gasteiger partial charge in [0.2, 0.25) is 5.78 Å². The molecule has 0 atom stereocenters. The van der Waals surface area contributed by atoms with Gasteiger partial charge in [-0.3, -0.25) is 9.59 Å². The summed E-state index contributed by atoms with van der Waals surface area (Å²) in [6, 6.07) is 0. The van der Waals surface area contributed by atoms with Crippen LogP contribution in [0.3, 0.4) is 0 Å². The van der Waals surface area contributed by atoms with Gasteiger partial charge in [-0.05, 0) is 6.42 Å². The van der Waals surface area contributed by atoms with Gasteiger partial charge < -0.3 is 4.90 Å². The molecule has 0 bridgehead atoms. The molecule has 0 aliphatic rings. The SMILES string of the molecule is CCCN(C)C(=O)C(C)=O. The highest BCUT2D eigenvalue weighted by Crippen LogP contribution is 1.88. The summed E-state index contributed by atoms with van der Waals surface area (Å²) in [6.07, 6.45) is 0.884. The molecule has 0 spiro atoms. The summed E-state index contributed by atoms with van der Waals surface area (Å²) >= 11 is 0. The molecular formula is C7H13NO2. The lowest BCUT2D eigenvalue weighted by Gasteiger charge is -2.12. The monoisotopic (exact) mass is 143 g/mol. The molecule has 0 heterocycles. The first-order valence-electron chi connectivity index (χ1n) is 3.35. The Labute approximate surface area is 61.0 Å². The number of likely N-dealkylation sites (N-methyl/N-ethyl adjacent to an activating group) is 1. The fraction of sp³-hybridized carbons (Fsp3) is 0.714. The molecule has 0 rings (SSSR count). The van der Waals surface area contributed by atoms with Crippen LogP contribution in [0, 0.1) is 0 Å². The number of Topliss-reactive ketones (excluding diaryl/α,β-unsaturated/α-hetero) is 1. The number of ketones is 1. The first-order chi connectivity index (χ1) is 4.59. The van der Waals surface area contributed by atoms with Crippen LogP contribution < -0.4 is 0 Å². The van der Waals surface area contributed by atoms with Crippen molar-refractivity contribution in [3.05, 3.63) is 0 Å². The van der Waals surface area contributed by atoms with Crippen LogP contribution in [0.1, 0.15) is 20.3 Å². The van der Waals surface area contributed by atoms with Crippen molar-refractivity contribution in [2.75, 3.05) is 13.6 Å². The molecule has 3 nitrogen and oxygen atoms in total. The maximum Gasteiger partial charge on any atom is 0.289 e. The molecule has 0 saturated carbocycles. The highest BCUT2D eigenvalue weighted by molar-refractivity contribution is 6.34. The summed E-state index contributed by atoms with van der Waals surface area (Å²) in [4.78, 5) is 22.7. The van der Waals surface area contributed by atoms with Crippen molar-refractivity contribution in [1.29, 1.82) is 0 Å². The van der Waals surface area contributed by atoms with Crippen LogP contribution in [0.5, 0.6) is 0 Å². The minimum absolute atomic E-state index is 0.393. The van der Waals surface area contributed by atoms with Gasteiger partial charge in [-0.15, -0.1) is 0 Å². The van der Waals surface area contributed by atoms with E-state index in [1.54, 1.807) is 7.05 Å². The third-order valence-electron chi connectivity index (χ3n) is 1.21. The van der Waals surface area contributed by atoms with Crippen molar-refractivity contribution < 1.29 is 9.59 Å². The Morgan fingerprint density at radius 3 is 2.20 bits per heavy atom. The number of carbonyl (C=O) groups is 2. The summed E-state index contributed by atoms with van der Waals surface area (Å²) in [7, 11) is 1.63. The average molecular weight is 143 g/mol. The first kappa shape index (κ1) is 9.14. The van der Waals surface area contributed by atoms with E-state index in [2.05, 4.69) is 0 Å². The van der Waals surface area contributed by atoms with Gasteiger partial charge in [-0.1, -0.05) is 6.92 Å². The largest absolute Gasteiger partial charge is 0.339 e. The van der Waals surface area contributed by atoms with Crippen LogP contribution in [-0.4, -0.2) is 30.2 Å². The van der Waals surface area contributed by atoms with E-state index in [9.17, 15) is 9.59 Å². The minimum atomic E-state index is -0.401. The fourth-order valence-electron chi connectivity index (χ4n) is 0.706. The van der Waals surface area contributed by atoms with E-state index < -0.39 is 11.7 Å². The number of hydrogen-bond acceptors (Lipinski definition) is 2. The van der Waals surface area contributed by atoms with E-state index in [1.807, 2.05) is 6.92 Å². The van der Waals surface area contributed by atoms with Crippen molar-refractivity contribution in [1.82, 2.24) is 4.90 Å². The molecule has 0 aromatic rings. The standard InChI is InChI=1S/C7H13NO2/c1-4-5-8(3)7(10)6(2)9/h4-5H2,1-3H3. The summed E-state index contributed by atoms with van der Waals surface area (Å²) in [5.74, 6) is -0.794. The van der Waals surface area contributed by atoms with Gasteiger partial charge in [0.25, 0.3) is 5.91 Å². The van der Waals surface area contributed by atoms with Crippen LogP contribution in [0.15, 0.2) is 0 Å². The van der Waals surface area contributed by atoms with E-state index in [4.69, 9.17) is 0 Å². The Bertz CT molecular complexity index is 143. The molecule has 10 heavy (non-hydrogen) atoms. The minimum Gasteiger partial charge on any atom is -0.339 e. The van der Waals surface area contributed by atoms with Crippen LogP contribution >= 0.6 is 0 Å². The summed E-state index contributed by atoms with van der Waals surface area (Å²) in [5.41, 5.74) is 0. The molecule has 0 fully saturated rings. The maximum atomic E-state index is 10.8. The van der Waals surface area contributed by atoms with Crippen LogP contribution in [0.2, 0.25) is 0 Å². The molecule has 0 aliphatic heterocycles. The third kappa shape index (κ3) is 2.62. The van der Waals surface area contributed by atoms with Gasteiger partial charge in [-0.2, -0.15) is 0 Å². The summed E-state index contributed by atoms with van der Waals surface area (Å²) < 4.78 is 0. The topological polar surface area (TPSA) is 37.4 Å². The van der Waals surface area contributed by atoms with E-state index >= 15 is 0 Å². The zero-order valence-corrected chi connectivity index (χ0v) is 6.68. The Morgan fingerprint density at radius 1 is 1.40 bits per heavy atom. The van der Waals surface area contributed by atoms with Crippen molar-refractivity contribution in [3.63, 3.8) is 0 Å². The van der Waals surface area contributed by atoms with E-state index in [1.165, 1.54) is 11.8 Å². The Hall–Kier alpha value is -0.860. The van der Waals surface area contributed by atoms with Gasteiger partial charge >= 0.3 is 0 Å². The average Bonchev–Trinajstić information content (AvgIpc) is 1.87. The maximum absolute atomic E-state index is 10.8. The molecule has 58 valence electrons. The van der Waals surface area contributed by atoms with Gasteiger partial charge in [-0.25, -0.2) is 0 Å². The third-order valence-corrected chi connectivity index (χ3v) is 1.21. The molecule has 0 aromatic carbocycles. The van der Waals surface area contributed by atoms with Crippen LogP contribution in [0.25, 0.3) is 0 Å². The molecule has 0 saturated heterocycles. The zero-order valence-electron chi connectivity index (χ0n) is 6.68. The number of carbonyl (C=O) groups excluding carboxylic acids is 2. The second-order valence-electron chi connectivity index (χ2n) is 2.28.